The van der Waals surface area contributed by atoms with Crippen LogP contribution in [0.5, 0.6) is 5.75 Å². The second-order valence-electron chi connectivity index (χ2n) is 7.08. The second-order valence-corrected chi connectivity index (χ2v) is 7.08. The Balaban J connectivity index is 1.79. The van der Waals surface area contributed by atoms with Gasteiger partial charge < -0.3 is 24.8 Å². The summed E-state index contributed by atoms with van der Waals surface area (Å²) < 4.78 is 7.02. The molecule has 1 aromatic carbocycles. The number of carbonyl (C=O) groups is 2. The molecule has 2 heterocycles. The number of anilines is 1. The van der Waals surface area contributed by atoms with E-state index in [0.29, 0.717) is 36.0 Å². The highest BCUT2D eigenvalue weighted by Crippen LogP contribution is 2.23. The molecule has 0 atom stereocenters. The first-order chi connectivity index (χ1) is 13.5. The fraction of sp³-hybridized carbons (Fsp3) is 0.450. The van der Waals surface area contributed by atoms with E-state index in [-0.39, 0.29) is 11.8 Å². The van der Waals surface area contributed by atoms with E-state index in [1.165, 1.54) is 0 Å². The van der Waals surface area contributed by atoms with Gasteiger partial charge in [-0.1, -0.05) is 0 Å². The van der Waals surface area contributed by atoms with Crippen LogP contribution in [0.15, 0.2) is 24.3 Å². The summed E-state index contributed by atoms with van der Waals surface area (Å²) in [6.45, 7) is 1.97. The van der Waals surface area contributed by atoms with E-state index in [2.05, 4.69) is 15.6 Å². The van der Waals surface area contributed by atoms with Gasteiger partial charge in [0.05, 0.1) is 12.8 Å². The van der Waals surface area contributed by atoms with E-state index in [4.69, 9.17) is 4.74 Å². The van der Waals surface area contributed by atoms with E-state index in [9.17, 15) is 9.59 Å². The van der Waals surface area contributed by atoms with Gasteiger partial charge in [-0.3, -0.25) is 9.59 Å². The van der Waals surface area contributed by atoms with E-state index in [1.807, 2.05) is 23.6 Å². The molecular formula is C20H27N5O3. The molecule has 0 spiro atoms. The Morgan fingerprint density at radius 1 is 1.18 bits per heavy atom. The number of imidazole rings is 1. The molecule has 0 aliphatic carbocycles. The van der Waals surface area contributed by atoms with Crippen molar-refractivity contribution in [2.75, 3.05) is 39.6 Å². The maximum atomic E-state index is 12.8. The maximum Gasteiger partial charge on any atom is 0.287 e. The van der Waals surface area contributed by atoms with Crippen molar-refractivity contribution in [3.05, 3.63) is 41.5 Å². The first kappa shape index (κ1) is 19.9. The molecule has 1 aliphatic heterocycles. The molecule has 0 fully saturated rings. The van der Waals surface area contributed by atoms with Crippen molar-refractivity contribution in [3.8, 4) is 5.75 Å². The number of ether oxygens (including phenoxy) is 1. The van der Waals surface area contributed by atoms with Gasteiger partial charge >= 0.3 is 0 Å². The number of methoxy groups -OCH3 is 1. The fourth-order valence-corrected chi connectivity index (χ4v) is 3.23. The molecule has 0 unspecified atom stereocenters. The lowest BCUT2D eigenvalue weighted by Crippen LogP contribution is -2.33. The first-order valence-corrected chi connectivity index (χ1v) is 9.47. The fourth-order valence-electron chi connectivity index (χ4n) is 3.23. The highest BCUT2D eigenvalue weighted by molar-refractivity contribution is 6.05. The number of rotatable bonds is 7. The van der Waals surface area contributed by atoms with Gasteiger partial charge in [0, 0.05) is 25.3 Å². The summed E-state index contributed by atoms with van der Waals surface area (Å²) in [7, 11) is 5.49. The normalized spacial score (nSPS) is 13.1. The van der Waals surface area contributed by atoms with E-state index in [1.54, 1.807) is 31.4 Å². The minimum atomic E-state index is -0.303. The molecule has 2 N–H and O–H groups in total. The molecule has 8 nitrogen and oxygen atoms in total. The Kier molecular flexibility index (Phi) is 6.30. The zero-order valence-corrected chi connectivity index (χ0v) is 16.6. The molecule has 1 aromatic heterocycles. The van der Waals surface area contributed by atoms with Gasteiger partial charge in [0.2, 0.25) is 0 Å². The number of likely N-dealkylation sites (N-methyl/N-ethyl adjacent to an activating group) is 1. The molecule has 0 saturated carbocycles. The van der Waals surface area contributed by atoms with Crippen LogP contribution in [-0.4, -0.2) is 60.6 Å². The van der Waals surface area contributed by atoms with Crippen LogP contribution in [0.4, 0.5) is 5.69 Å². The zero-order valence-electron chi connectivity index (χ0n) is 16.6. The van der Waals surface area contributed by atoms with Crippen molar-refractivity contribution >= 4 is 17.5 Å². The maximum absolute atomic E-state index is 12.8. The van der Waals surface area contributed by atoms with Crippen LogP contribution in [0, 0.1) is 0 Å². The molecule has 3 rings (SSSR count). The molecule has 2 aromatic rings. The van der Waals surface area contributed by atoms with Crippen molar-refractivity contribution in [2.24, 2.45) is 0 Å². The molecule has 0 radical (unpaired) electrons. The third kappa shape index (κ3) is 4.51. The summed E-state index contributed by atoms with van der Waals surface area (Å²) in [4.78, 5) is 31.8. The number of amides is 2. The minimum Gasteiger partial charge on any atom is -0.497 e. The van der Waals surface area contributed by atoms with Gasteiger partial charge in [-0.15, -0.1) is 0 Å². The first-order valence-electron chi connectivity index (χ1n) is 9.47. The van der Waals surface area contributed by atoms with Crippen molar-refractivity contribution < 1.29 is 14.3 Å². The number of nitrogens with zero attached hydrogens (tertiary/aromatic N) is 3. The summed E-state index contributed by atoms with van der Waals surface area (Å²) >= 11 is 0. The van der Waals surface area contributed by atoms with E-state index in [0.717, 1.165) is 31.5 Å². The highest BCUT2D eigenvalue weighted by Gasteiger charge is 2.27. The van der Waals surface area contributed by atoms with Crippen LogP contribution in [0.2, 0.25) is 0 Å². The average molecular weight is 385 g/mol. The summed E-state index contributed by atoms with van der Waals surface area (Å²) in [5.74, 6) is 0.485. The molecule has 28 heavy (non-hydrogen) atoms. The Bertz CT molecular complexity index is 842. The van der Waals surface area contributed by atoms with Crippen LogP contribution >= 0.6 is 0 Å². The quantitative estimate of drug-likeness (QED) is 0.758. The SMILES string of the molecule is COc1ccc(NC(=O)c2nc(C(=O)NCCN(C)C)n3c2CCCC3)cc1. The predicted molar refractivity (Wildman–Crippen MR) is 107 cm³/mol. The highest BCUT2D eigenvalue weighted by atomic mass is 16.5. The van der Waals surface area contributed by atoms with Gasteiger partial charge in [-0.05, 0) is 57.6 Å². The molecule has 0 bridgehead atoms. The number of fused-ring (bicyclic) bond motifs is 1. The van der Waals surface area contributed by atoms with Gasteiger partial charge in [-0.2, -0.15) is 0 Å². The Labute approximate surface area is 164 Å². The van der Waals surface area contributed by atoms with Gasteiger partial charge in [0.1, 0.15) is 5.75 Å². The Morgan fingerprint density at radius 3 is 2.61 bits per heavy atom. The summed E-state index contributed by atoms with van der Waals surface area (Å²) in [6.07, 6.45) is 2.69. The third-order valence-electron chi connectivity index (χ3n) is 4.73. The smallest absolute Gasteiger partial charge is 0.287 e. The Hall–Kier alpha value is -2.87. The van der Waals surface area contributed by atoms with Crippen LogP contribution < -0.4 is 15.4 Å². The predicted octanol–water partition coefficient (Wildman–Crippen LogP) is 1.77. The zero-order chi connectivity index (χ0) is 20.1. The van der Waals surface area contributed by atoms with Crippen LogP contribution in [0.3, 0.4) is 0 Å². The number of aromatic nitrogens is 2. The third-order valence-corrected chi connectivity index (χ3v) is 4.73. The molecule has 0 saturated heterocycles. The summed E-state index contributed by atoms with van der Waals surface area (Å²) in [6, 6.07) is 7.10. The molecule has 1 aliphatic rings. The van der Waals surface area contributed by atoms with Crippen LogP contribution in [-0.2, 0) is 13.0 Å². The largest absolute Gasteiger partial charge is 0.497 e. The van der Waals surface area contributed by atoms with E-state index < -0.39 is 0 Å². The molecule has 8 heteroatoms. The molecular weight excluding hydrogens is 358 g/mol. The number of hydrogen-bond acceptors (Lipinski definition) is 5. The van der Waals surface area contributed by atoms with Gasteiger partial charge in [0.15, 0.2) is 11.5 Å². The number of carbonyl (C=O) groups excluding carboxylic acids is 2. The molecule has 2 amide bonds. The van der Waals surface area contributed by atoms with E-state index >= 15 is 0 Å². The topological polar surface area (TPSA) is 88.5 Å². The lowest BCUT2D eigenvalue weighted by Gasteiger charge is -2.17. The summed E-state index contributed by atoms with van der Waals surface area (Å²) in [5, 5.41) is 5.75. The van der Waals surface area contributed by atoms with Crippen molar-refractivity contribution in [3.63, 3.8) is 0 Å². The number of nitrogens with one attached hydrogen (secondary N) is 2. The van der Waals surface area contributed by atoms with Gasteiger partial charge in [0.25, 0.3) is 11.8 Å². The lowest BCUT2D eigenvalue weighted by molar-refractivity contribution is 0.0935. The number of benzene rings is 1. The standard InChI is InChI=1S/C20H27N5O3/c1-24(2)13-11-21-20(27)18-23-17(16-6-4-5-12-25(16)18)19(26)22-14-7-9-15(28-3)10-8-14/h7-10H,4-6,11-13H2,1-3H3,(H,21,27)(H,22,26). The monoisotopic (exact) mass is 385 g/mol. The summed E-state index contributed by atoms with van der Waals surface area (Å²) in [5.41, 5.74) is 1.81. The second kappa shape index (κ2) is 8.88. The van der Waals surface area contributed by atoms with Crippen molar-refractivity contribution in [2.45, 2.75) is 25.8 Å². The van der Waals surface area contributed by atoms with Crippen molar-refractivity contribution in [1.29, 1.82) is 0 Å². The minimum absolute atomic E-state index is 0.242. The van der Waals surface area contributed by atoms with Crippen LogP contribution in [0.1, 0.15) is 39.6 Å². The number of hydrogen-bond donors (Lipinski definition) is 2. The van der Waals surface area contributed by atoms with Crippen molar-refractivity contribution in [1.82, 2.24) is 19.8 Å². The lowest BCUT2D eigenvalue weighted by atomic mass is 10.1. The van der Waals surface area contributed by atoms with Crippen LogP contribution in [0.25, 0.3) is 0 Å². The van der Waals surface area contributed by atoms with Gasteiger partial charge in [-0.25, -0.2) is 4.98 Å². The Morgan fingerprint density at radius 2 is 1.93 bits per heavy atom. The molecule has 150 valence electrons. The average Bonchev–Trinajstić information content (AvgIpc) is 3.08.